The highest BCUT2D eigenvalue weighted by molar-refractivity contribution is 6.22. The average molecular weight is 350 g/mol. The van der Waals surface area contributed by atoms with E-state index in [9.17, 15) is 14.4 Å². The molecule has 2 aromatic rings. The normalized spacial score (nSPS) is 18.9. The predicted octanol–water partition coefficient (Wildman–Crippen LogP) is 2.71. The smallest absolute Gasteiger partial charge is 0.261 e. The first kappa shape index (κ1) is 16.5. The van der Waals surface area contributed by atoms with Gasteiger partial charge in [0.15, 0.2) is 0 Å². The lowest BCUT2D eigenvalue weighted by Crippen LogP contribution is -2.36. The third-order valence-electron chi connectivity index (χ3n) is 4.67. The number of amides is 3. The molecule has 0 radical (unpaired) electrons. The fraction of sp³-hybridized carbons (Fsp3) is 0.250. The molecule has 0 unspecified atom stereocenters. The summed E-state index contributed by atoms with van der Waals surface area (Å²) in [6.45, 7) is 0.926. The van der Waals surface area contributed by atoms with Gasteiger partial charge in [-0.2, -0.15) is 0 Å². The maximum atomic E-state index is 12.6. The van der Waals surface area contributed by atoms with E-state index in [2.05, 4.69) is 5.32 Å². The van der Waals surface area contributed by atoms with Crippen molar-refractivity contribution in [2.45, 2.75) is 18.9 Å². The number of nitrogens with one attached hydrogen (secondary N) is 1. The Morgan fingerprint density at radius 1 is 1.08 bits per heavy atom. The van der Waals surface area contributed by atoms with Crippen LogP contribution >= 0.6 is 0 Å². The minimum atomic E-state index is -0.366. The van der Waals surface area contributed by atoms with E-state index in [0.717, 1.165) is 12.8 Å². The number of fused-ring (bicyclic) bond motifs is 1. The molecular weight excluding hydrogens is 332 g/mol. The number of hydrogen-bond acceptors (Lipinski definition) is 4. The van der Waals surface area contributed by atoms with Crippen LogP contribution in [0, 0.1) is 0 Å². The van der Waals surface area contributed by atoms with Gasteiger partial charge in [0.05, 0.1) is 23.8 Å². The molecule has 2 heterocycles. The molecule has 3 amide bonds. The Kier molecular flexibility index (Phi) is 4.26. The van der Waals surface area contributed by atoms with Crippen molar-refractivity contribution in [3.8, 4) is 0 Å². The zero-order chi connectivity index (χ0) is 18.1. The molecule has 6 nitrogen and oxygen atoms in total. The van der Waals surface area contributed by atoms with Gasteiger partial charge >= 0.3 is 0 Å². The molecule has 2 aliphatic heterocycles. The Hall–Kier alpha value is -2.99. The Bertz CT molecular complexity index is 873. The quantitative estimate of drug-likeness (QED) is 0.860. The monoisotopic (exact) mass is 350 g/mol. The number of nitrogens with zero attached hydrogens (tertiary/aromatic N) is 1. The molecular formula is C20H18N2O4. The summed E-state index contributed by atoms with van der Waals surface area (Å²) < 4.78 is 5.53. The first-order valence-electron chi connectivity index (χ1n) is 8.62. The molecule has 1 N–H and O–H groups in total. The number of benzene rings is 2. The van der Waals surface area contributed by atoms with E-state index in [-0.39, 0.29) is 35.9 Å². The lowest BCUT2D eigenvalue weighted by Gasteiger charge is -2.17. The van der Waals surface area contributed by atoms with Gasteiger partial charge in [-0.3, -0.25) is 19.3 Å². The number of anilines is 1. The second kappa shape index (κ2) is 6.72. The van der Waals surface area contributed by atoms with Gasteiger partial charge in [0, 0.05) is 17.9 Å². The van der Waals surface area contributed by atoms with Crippen LogP contribution in [0.5, 0.6) is 0 Å². The number of para-hydroxylation sites is 1. The second-order valence-electron chi connectivity index (χ2n) is 6.44. The maximum absolute atomic E-state index is 12.6. The highest BCUT2D eigenvalue weighted by Gasteiger charge is 2.37. The molecule has 6 heteroatoms. The number of hydrogen-bond donors (Lipinski definition) is 1. The molecule has 1 fully saturated rings. The topological polar surface area (TPSA) is 75.7 Å². The standard InChI is InChI=1S/C20H18N2O4/c23-18(21-14-5-2-1-3-6-14)13-8-9-16-17(11-13)20(25)22(19(16)24)12-15-7-4-10-26-15/h1-3,5-6,8-9,11,15H,4,7,10,12H2,(H,21,23)/t15-/m0/s1. The number of carbonyl (C=O) groups is 3. The van der Waals surface area contributed by atoms with Crippen molar-refractivity contribution in [3.05, 3.63) is 65.2 Å². The number of rotatable bonds is 4. The summed E-state index contributed by atoms with van der Waals surface area (Å²) in [4.78, 5) is 38.8. The highest BCUT2D eigenvalue weighted by atomic mass is 16.5. The van der Waals surface area contributed by atoms with Gasteiger partial charge in [-0.15, -0.1) is 0 Å². The van der Waals surface area contributed by atoms with Crippen molar-refractivity contribution >= 4 is 23.4 Å². The van der Waals surface area contributed by atoms with Crippen LogP contribution in [0.3, 0.4) is 0 Å². The van der Waals surface area contributed by atoms with Crippen LogP contribution in [0.1, 0.15) is 43.9 Å². The van der Waals surface area contributed by atoms with Crippen molar-refractivity contribution in [1.29, 1.82) is 0 Å². The zero-order valence-corrected chi connectivity index (χ0v) is 14.1. The van der Waals surface area contributed by atoms with Gasteiger partial charge in [-0.25, -0.2) is 0 Å². The Morgan fingerprint density at radius 2 is 1.85 bits per heavy atom. The van der Waals surface area contributed by atoms with E-state index in [0.29, 0.717) is 23.4 Å². The first-order chi connectivity index (χ1) is 12.6. The van der Waals surface area contributed by atoms with Crippen LogP contribution in [0.4, 0.5) is 5.69 Å². The van der Waals surface area contributed by atoms with Gasteiger partial charge < -0.3 is 10.1 Å². The molecule has 0 spiro atoms. The van der Waals surface area contributed by atoms with Gasteiger partial charge in [0.1, 0.15) is 0 Å². The summed E-state index contributed by atoms with van der Waals surface area (Å²) >= 11 is 0. The molecule has 0 aromatic heterocycles. The second-order valence-corrected chi connectivity index (χ2v) is 6.44. The number of imide groups is 1. The van der Waals surface area contributed by atoms with E-state index in [1.54, 1.807) is 24.3 Å². The van der Waals surface area contributed by atoms with Gasteiger partial charge in [0.2, 0.25) is 0 Å². The lowest BCUT2D eigenvalue weighted by atomic mass is 10.1. The van der Waals surface area contributed by atoms with Crippen molar-refractivity contribution in [1.82, 2.24) is 4.90 Å². The molecule has 26 heavy (non-hydrogen) atoms. The predicted molar refractivity (Wildman–Crippen MR) is 95.2 cm³/mol. The first-order valence-corrected chi connectivity index (χ1v) is 8.62. The van der Waals surface area contributed by atoms with Gasteiger partial charge in [0.25, 0.3) is 17.7 Å². The van der Waals surface area contributed by atoms with Gasteiger partial charge in [-0.1, -0.05) is 18.2 Å². The number of carbonyl (C=O) groups excluding carboxylic acids is 3. The third-order valence-corrected chi connectivity index (χ3v) is 4.67. The minimum Gasteiger partial charge on any atom is -0.376 e. The van der Waals surface area contributed by atoms with Crippen molar-refractivity contribution in [3.63, 3.8) is 0 Å². The van der Waals surface area contributed by atoms with Crippen LogP contribution in [0.2, 0.25) is 0 Å². The van der Waals surface area contributed by atoms with E-state index < -0.39 is 0 Å². The molecule has 1 saturated heterocycles. The summed E-state index contributed by atoms with van der Waals surface area (Å²) in [5, 5.41) is 2.78. The molecule has 0 aliphatic carbocycles. The Labute approximate surface area is 150 Å². The number of ether oxygens (including phenoxy) is 1. The van der Waals surface area contributed by atoms with Crippen molar-refractivity contribution < 1.29 is 19.1 Å². The SMILES string of the molecule is O=C(Nc1ccccc1)c1ccc2c(c1)C(=O)N(C[C@@H]1CCCO1)C2=O. The summed E-state index contributed by atoms with van der Waals surface area (Å²) in [6.07, 6.45) is 1.69. The van der Waals surface area contributed by atoms with E-state index in [1.165, 1.54) is 11.0 Å². The molecule has 0 bridgehead atoms. The fourth-order valence-electron chi connectivity index (χ4n) is 3.31. The molecule has 1 atom stereocenters. The van der Waals surface area contributed by atoms with Crippen LogP contribution in [-0.2, 0) is 4.74 Å². The van der Waals surface area contributed by atoms with Crippen LogP contribution in [0.15, 0.2) is 48.5 Å². The van der Waals surface area contributed by atoms with Crippen molar-refractivity contribution in [2.75, 3.05) is 18.5 Å². The third kappa shape index (κ3) is 2.99. The fourth-order valence-corrected chi connectivity index (χ4v) is 3.31. The molecule has 2 aliphatic rings. The van der Waals surface area contributed by atoms with Gasteiger partial charge in [-0.05, 0) is 43.2 Å². The minimum absolute atomic E-state index is 0.0990. The Morgan fingerprint density at radius 3 is 2.58 bits per heavy atom. The molecule has 132 valence electrons. The average Bonchev–Trinajstić information content (AvgIpc) is 3.25. The van der Waals surface area contributed by atoms with Crippen LogP contribution in [-0.4, -0.2) is 41.9 Å². The summed E-state index contributed by atoms with van der Waals surface area (Å²) in [5.41, 5.74) is 1.62. The van der Waals surface area contributed by atoms with Crippen LogP contribution < -0.4 is 5.32 Å². The van der Waals surface area contributed by atoms with E-state index >= 15 is 0 Å². The van der Waals surface area contributed by atoms with Crippen LogP contribution in [0.25, 0.3) is 0 Å². The molecule has 4 rings (SSSR count). The largest absolute Gasteiger partial charge is 0.376 e. The molecule has 2 aromatic carbocycles. The maximum Gasteiger partial charge on any atom is 0.261 e. The highest BCUT2D eigenvalue weighted by Crippen LogP contribution is 2.26. The van der Waals surface area contributed by atoms with E-state index in [1.807, 2.05) is 18.2 Å². The van der Waals surface area contributed by atoms with E-state index in [4.69, 9.17) is 4.74 Å². The molecule has 0 saturated carbocycles. The summed E-state index contributed by atoms with van der Waals surface area (Å²) in [5.74, 6) is -1.01. The van der Waals surface area contributed by atoms with Crippen molar-refractivity contribution in [2.24, 2.45) is 0 Å². The Balaban J connectivity index is 1.54. The summed E-state index contributed by atoms with van der Waals surface area (Å²) in [7, 11) is 0. The zero-order valence-electron chi connectivity index (χ0n) is 14.1. The summed E-state index contributed by atoms with van der Waals surface area (Å²) in [6, 6.07) is 13.7. The lowest BCUT2D eigenvalue weighted by molar-refractivity contribution is 0.0475.